The quantitative estimate of drug-likeness (QED) is 0.532. The fourth-order valence-corrected chi connectivity index (χ4v) is 2.51. The summed E-state index contributed by atoms with van der Waals surface area (Å²) in [5, 5.41) is 3.43. The average molecular weight is 220 g/mol. The molecule has 2 atom stereocenters. The van der Waals surface area contributed by atoms with E-state index in [1.807, 2.05) is 26.0 Å². The van der Waals surface area contributed by atoms with Crippen LogP contribution in [0.25, 0.3) is 0 Å². The zero-order valence-electron chi connectivity index (χ0n) is 10.2. The standard InChI is InChI=1S/C12H20N4/c1-14-12-7-9(12)5-4-6-10(12)11(15-8-13)16(2)3/h4-6,9,14H,7-8,13H2,1-3H3/b15-11+. The highest BCUT2D eigenvalue weighted by Crippen LogP contribution is 2.52. The van der Waals surface area contributed by atoms with Crippen LogP contribution in [0.1, 0.15) is 6.42 Å². The number of allylic oxidation sites excluding steroid dienone is 2. The molecular formula is C12H20N4. The van der Waals surface area contributed by atoms with E-state index in [1.54, 1.807) is 0 Å². The molecule has 2 rings (SSSR count). The van der Waals surface area contributed by atoms with Crippen molar-refractivity contribution in [3.8, 4) is 0 Å². The third-order valence-corrected chi connectivity index (χ3v) is 3.45. The van der Waals surface area contributed by atoms with E-state index in [0.29, 0.717) is 12.6 Å². The molecule has 0 spiro atoms. The van der Waals surface area contributed by atoms with E-state index in [-0.39, 0.29) is 5.54 Å². The Bertz CT molecular complexity index is 367. The first-order valence-electron chi connectivity index (χ1n) is 5.66. The Hall–Kier alpha value is -1.13. The number of aliphatic imine (C=N–C) groups is 1. The van der Waals surface area contributed by atoms with Gasteiger partial charge in [0.2, 0.25) is 0 Å². The summed E-state index contributed by atoms with van der Waals surface area (Å²) < 4.78 is 0. The molecule has 0 aromatic rings. The SMILES string of the molecule is CNC12CC1C=CC=C2/C(=N\CN)N(C)C. The maximum Gasteiger partial charge on any atom is 0.129 e. The average Bonchev–Trinajstić information content (AvgIpc) is 3.00. The second kappa shape index (κ2) is 4.03. The summed E-state index contributed by atoms with van der Waals surface area (Å²) in [7, 11) is 6.03. The Morgan fingerprint density at radius 3 is 3.00 bits per heavy atom. The van der Waals surface area contributed by atoms with Crippen LogP contribution in [0.2, 0.25) is 0 Å². The molecule has 0 radical (unpaired) electrons. The highest BCUT2D eigenvalue weighted by molar-refractivity contribution is 6.01. The van der Waals surface area contributed by atoms with Crippen molar-refractivity contribution in [2.45, 2.75) is 12.0 Å². The van der Waals surface area contributed by atoms with E-state index in [2.05, 4.69) is 28.5 Å². The molecular weight excluding hydrogens is 200 g/mol. The van der Waals surface area contributed by atoms with Gasteiger partial charge in [-0.25, -0.2) is 0 Å². The summed E-state index contributed by atoms with van der Waals surface area (Å²) in [4.78, 5) is 6.43. The van der Waals surface area contributed by atoms with Crippen molar-refractivity contribution >= 4 is 5.84 Å². The van der Waals surface area contributed by atoms with Crippen molar-refractivity contribution in [1.29, 1.82) is 0 Å². The molecule has 88 valence electrons. The van der Waals surface area contributed by atoms with Crippen LogP contribution in [-0.4, -0.2) is 44.1 Å². The van der Waals surface area contributed by atoms with Crippen LogP contribution in [0.15, 0.2) is 28.8 Å². The van der Waals surface area contributed by atoms with Gasteiger partial charge in [-0.3, -0.25) is 4.99 Å². The van der Waals surface area contributed by atoms with Gasteiger partial charge in [0.05, 0.1) is 12.2 Å². The first-order valence-corrected chi connectivity index (χ1v) is 5.66. The van der Waals surface area contributed by atoms with Crippen LogP contribution >= 0.6 is 0 Å². The number of amidine groups is 1. The van der Waals surface area contributed by atoms with Crippen molar-refractivity contribution in [3.63, 3.8) is 0 Å². The van der Waals surface area contributed by atoms with Gasteiger partial charge < -0.3 is 16.0 Å². The predicted octanol–water partition coefficient (Wildman–Crippen LogP) is 0.337. The van der Waals surface area contributed by atoms with E-state index in [4.69, 9.17) is 5.73 Å². The van der Waals surface area contributed by atoms with Crippen LogP contribution < -0.4 is 11.1 Å². The van der Waals surface area contributed by atoms with Gasteiger partial charge in [0.15, 0.2) is 0 Å². The van der Waals surface area contributed by atoms with Crippen LogP contribution in [0.5, 0.6) is 0 Å². The molecule has 0 amide bonds. The van der Waals surface area contributed by atoms with Gasteiger partial charge in [-0.05, 0) is 13.5 Å². The number of hydrogen-bond acceptors (Lipinski definition) is 3. The van der Waals surface area contributed by atoms with E-state index in [1.165, 1.54) is 5.57 Å². The van der Waals surface area contributed by atoms with Crippen LogP contribution in [0.3, 0.4) is 0 Å². The van der Waals surface area contributed by atoms with Crippen molar-refractivity contribution in [3.05, 3.63) is 23.8 Å². The zero-order chi connectivity index (χ0) is 11.8. The molecule has 0 aromatic heterocycles. The lowest BCUT2D eigenvalue weighted by Gasteiger charge is -2.27. The lowest BCUT2D eigenvalue weighted by Crippen LogP contribution is -2.40. The van der Waals surface area contributed by atoms with E-state index < -0.39 is 0 Å². The maximum absolute atomic E-state index is 5.54. The van der Waals surface area contributed by atoms with E-state index in [9.17, 15) is 0 Å². The largest absolute Gasteiger partial charge is 0.363 e. The van der Waals surface area contributed by atoms with Crippen molar-refractivity contribution in [2.75, 3.05) is 27.8 Å². The summed E-state index contributed by atoms with van der Waals surface area (Å²) in [6, 6.07) is 0. The number of nitrogens with two attached hydrogens (primary N) is 1. The second-order valence-electron chi connectivity index (χ2n) is 4.56. The molecule has 4 nitrogen and oxygen atoms in total. The van der Waals surface area contributed by atoms with Gasteiger partial charge in [0, 0.05) is 25.6 Å². The molecule has 0 bridgehead atoms. The number of likely N-dealkylation sites (N-methyl/N-ethyl adjacent to an activating group) is 2. The highest BCUT2D eigenvalue weighted by Gasteiger charge is 2.56. The Labute approximate surface area is 96.9 Å². The minimum Gasteiger partial charge on any atom is -0.363 e. The fourth-order valence-electron chi connectivity index (χ4n) is 2.51. The van der Waals surface area contributed by atoms with Crippen LogP contribution in [0.4, 0.5) is 0 Å². The Balaban J connectivity index is 2.34. The second-order valence-corrected chi connectivity index (χ2v) is 4.56. The molecule has 0 saturated heterocycles. The van der Waals surface area contributed by atoms with Crippen LogP contribution in [0, 0.1) is 5.92 Å². The molecule has 0 heterocycles. The summed E-state index contributed by atoms with van der Waals surface area (Å²) >= 11 is 0. The molecule has 0 aliphatic heterocycles. The highest BCUT2D eigenvalue weighted by atomic mass is 15.2. The number of rotatable bonds is 3. The first-order chi connectivity index (χ1) is 7.65. The molecule has 3 N–H and O–H groups in total. The first kappa shape index (κ1) is 11.4. The Morgan fingerprint density at radius 1 is 1.69 bits per heavy atom. The molecule has 1 saturated carbocycles. The maximum atomic E-state index is 5.54. The van der Waals surface area contributed by atoms with Gasteiger partial charge >= 0.3 is 0 Å². The Kier molecular flexibility index (Phi) is 2.86. The number of nitrogens with one attached hydrogen (secondary N) is 1. The predicted molar refractivity (Wildman–Crippen MR) is 67.3 cm³/mol. The normalized spacial score (nSPS) is 32.1. The molecule has 2 unspecified atom stereocenters. The molecule has 4 heteroatoms. The third-order valence-electron chi connectivity index (χ3n) is 3.45. The smallest absolute Gasteiger partial charge is 0.129 e. The summed E-state index contributed by atoms with van der Waals surface area (Å²) in [6.45, 7) is 0.332. The van der Waals surface area contributed by atoms with Crippen molar-refractivity contribution in [2.24, 2.45) is 16.6 Å². The molecule has 0 aromatic carbocycles. The summed E-state index contributed by atoms with van der Waals surface area (Å²) in [5.74, 6) is 1.60. The van der Waals surface area contributed by atoms with Crippen molar-refractivity contribution < 1.29 is 0 Å². The van der Waals surface area contributed by atoms with Gasteiger partial charge in [0.25, 0.3) is 0 Å². The minimum absolute atomic E-state index is 0.104. The van der Waals surface area contributed by atoms with E-state index in [0.717, 1.165) is 12.3 Å². The summed E-state index contributed by atoms with van der Waals surface area (Å²) in [6.07, 6.45) is 7.69. The van der Waals surface area contributed by atoms with Gasteiger partial charge in [-0.1, -0.05) is 18.2 Å². The molecule has 1 fully saturated rings. The topological polar surface area (TPSA) is 53.6 Å². The molecule has 16 heavy (non-hydrogen) atoms. The monoisotopic (exact) mass is 220 g/mol. The number of nitrogens with zero attached hydrogens (tertiary/aromatic N) is 2. The fraction of sp³-hybridized carbons (Fsp3) is 0.583. The van der Waals surface area contributed by atoms with E-state index >= 15 is 0 Å². The summed E-state index contributed by atoms with van der Waals surface area (Å²) in [5.41, 5.74) is 6.90. The number of fused-ring (bicyclic) bond motifs is 1. The lowest BCUT2D eigenvalue weighted by molar-refractivity contribution is 0.571. The third kappa shape index (κ3) is 1.58. The minimum atomic E-state index is 0.104. The lowest BCUT2D eigenvalue weighted by atomic mass is 9.96. The van der Waals surface area contributed by atoms with Crippen molar-refractivity contribution in [1.82, 2.24) is 10.2 Å². The van der Waals surface area contributed by atoms with Gasteiger partial charge in [0.1, 0.15) is 5.84 Å². The van der Waals surface area contributed by atoms with Gasteiger partial charge in [-0.15, -0.1) is 0 Å². The molecule has 2 aliphatic carbocycles. The molecule has 2 aliphatic rings. The zero-order valence-corrected chi connectivity index (χ0v) is 10.2. The number of hydrogen-bond donors (Lipinski definition) is 2. The Morgan fingerprint density at radius 2 is 2.44 bits per heavy atom. The van der Waals surface area contributed by atoms with Crippen LogP contribution in [-0.2, 0) is 0 Å². The van der Waals surface area contributed by atoms with Gasteiger partial charge in [-0.2, -0.15) is 0 Å².